The third-order valence-electron chi connectivity index (χ3n) is 2.51. The smallest absolute Gasteiger partial charge is 0.241 e. The Hall–Kier alpha value is -1.11. The van der Waals surface area contributed by atoms with E-state index in [1.165, 1.54) is 0 Å². The van der Waals surface area contributed by atoms with Gasteiger partial charge >= 0.3 is 0 Å². The number of rotatable bonds is 4. The first kappa shape index (κ1) is 13.3. The highest BCUT2D eigenvalue weighted by molar-refractivity contribution is 9.10. The summed E-state index contributed by atoms with van der Waals surface area (Å²) in [6, 6.07) is 6.98. The Bertz CT molecular complexity index is 636. The second kappa shape index (κ2) is 5.26. The number of aryl methyl sites for hydroxylation is 1. The van der Waals surface area contributed by atoms with Crippen LogP contribution >= 0.6 is 15.9 Å². The Kier molecular flexibility index (Phi) is 3.89. The van der Waals surface area contributed by atoms with Crippen molar-refractivity contribution >= 4 is 26.0 Å². The van der Waals surface area contributed by atoms with Gasteiger partial charge in [0.1, 0.15) is 0 Å². The lowest BCUT2D eigenvalue weighted by atomic mass is 10.2. The van der Waals surface area contributed by atoms with Crippen molar-refractivity contribution in [3.63, 3.8) is 0 Å². The first-order chi connectivity index (χ1) is 8.49. The normalized spacial score (nSPS) is 11.7. The molecule has 0 fully saturated rings. The molecule has 0 aliphatic rings. The lowest BCUT2D eigenvalue weighted by Crippen LogP contribution is -2.23. The van der Waals surface area contributed by atoms with E-state index in [0.717, 1.165) is 11.1 Å². The summed E-state index contributed by atoms with van der Waals surface area (Å²) in [5, 5.41) is 0. The first-order valence-corrected chi connectivity index (χ1v) is 7.64. The molecule has 96 valence electrons. The summed E-state index contributed by atoms with van der Waals surface area (Å²) in [5.41, 5.74) is 1.90. The fourth-order valence-corrected chi connectivity index (χ4v) is 3.76. The molecule has 18 heavy (non-hydrogen) atoms. The quantitative estimate of drug-likeness (QED) is 0.906. The summed E-state index contributed by atoms with van der Waals surface area (Å²) < 4.78 is 27.3. The van der Waals surface area contributed by atoms with E-state index >= 15 is 0 Å². The van der Waals surface area contributed by atoms with Gasteiger partial charge in [0, 0.05) is 23.4 Å². The Balaban J connectivity index is 2.20. The number of halogens is 1. The largest absolute Gasteiger partial charge is 0.367 e. The monoisotopic (exact) mass is 328 g/mol. The third kappa shape index (κ3) is 3.01. The molecule has 2 N–H and O–H groups in total. The molecular weight excluding hydrogens is 316 g/mol. The second-order valence-electron chi connectivity index (χ2n) is 3.98. The molecule has 0 radical (unpaired) electrons. The molecule has 0 saturated heterocycles. The Morgan fingerprint density at radius 3 is 2.72 bits per heavy atom. The number of aromatic nitrogens is 1. The van der Waals surface area contributed by atoms with Crippen LogP contribution in [0.1, 0.15) is 11.1 Å². The summed E-state index contributed by atoms with van der Waals surface area (Å²) >= 11 is 3.28. The van der Waals surface area contributed by atoms with E-state index in [0.29, 0.717) is 4.47 Å². The molecule has 0 amide bonds. The molecule has 0 atom stereocenters. The highest BCUT2D eigenvalue weighted by Gasteiger charge is 2.17. The van der Waals surface area contributed by atoms with Crippen LogP contribution in [0.25, 0.3) is 0 Å². The van der Waals surface area contributed by atoms with Crippen LogP contribution in [0.4, 0.5) is 0 Å². The van der Waals surface area contributed by atoms with Crippen LogP contribution in [0.2, 0.25) is 0 Å². The number of nitrogens with one attached hydrogen (secondary N) is 2. The second-order valence-corrected chi connectivity index (χ2v) is 6.57. The van der Waals surface area contributed by atoms with Crippen molar-refractivity contribution in [2.75, 3.05) is 0 Å². The minimum atomic E-state index is -3.49. The average molecular weight is 329 g/mol. The van der Waals surface area contributed by atoms with Gasteiger partial charge in [-0.1, -0.05) is 6.07 Å². The number of H-pyrrole nitrogens is 1. The van der Waals surface area contributed by atoms with Gasteiger partial charge < -0.3 is 4.98 Å². The van der Waals surface area contributed by atoms with Gasteiger partial charge in [-0.25, -0.2) is 13.1 Å². The van der Waals surface area contributed by atoms with Gasteiger partial charge in [-0.2, -0.15) is 0 Å². The molecule has 1 heterocycles. The Morgan fingerprint density at radius 1 is 1.33 bits per heavy atom. The van der Waals surface area contributed by atoms with Crippen LogP contribution in [-0.4, -0.2) is 13.4 Å². The summed E-state index contributed by atoms with van der Waals surface area (Å²) in [7, 11) is -3.49. The number of sulfonamides is 1. The zero-order valence-electron chi connectivity index (χ0n) is 9.77. The SMILES string of the molecule is Cc1ccc(S(=O)(=O)NCc2cc[nH]c2)c(Br)c1. The van der Waals surface area contributed by atoms with Crippen molar-refractivity contribution in [3.05, 3.63) is 52.3 Å². The highest BCUT2D eigenvalue weighted by atomic mass is 79.9. The van der Waals surface area contributed by atoms with E-state index in [4.69, 9.17) is 0 Å². The van der Waals surface area contributed by atoms with Gasteiger partial charge in [-0.3, -0.25) is 0 Å². The zero-order chi connectivity index (χ0) is 13.2. The van der Waals surface area contributed by atoms with Gasteiger partial charge in [0.25, 0.3) is 0 Å². The Labute approximate surface area is 115 Å². The van der Waals surface area contributed by atoms with Crippen LogP contribution in [-0.2, 0) is 16.6 Å². The van der Waals surface area contributed by atoms with Crippen molar-refractivity contribution in [1.82, 2.24) is 9.71 Å². The van der Waals surface area contributed by atoms with E-state index in [2.05, 4.69) is 25.6 Å². The fourth-order valence-electron chi connectivity index (χ4n) is 1.55. The van der Waals surface area contributed by atoms with Gasteiger partial charge in [0.05, 0.1) is 4.90 Å². The lowest BCUT2D eigenvalue weighted by Gasteiger charge is -2.08. The molecular formula is C12H13BrN2O2S. The molecule has 0 aliphatic heterocycles. The number of hydrogen-bond acceptors (Lipinski definition) is 2. The maximum absolute atomic E-state index is 12.1. The van der Waals surface area contributed by atoms with Crippen LogP contribution in [0.3, 0.4) is 0 Å². The predicted octanol–water partition coefficient (Wildman–Crippen LogP) is 2.56. The molecule has 1 aromatic carbocycles. The highest BCUT2D eigenvalue weighted by Crippen LogP contribution is 2.22. The summed E-state index contributed by atoms with van der Waals surface area (Å²) in [6.07, 6.45) is 3.51. The van der Waals surface area contributed by atoms with Gasteiger partial charge in [0.15, 0.2) is 0 Å². The lowest BCUT2D eigenvalue weighted by molar-refractivity contribution is 0.581. The van der Waals surface area contributed by atoms with Gasteiger partial charge in [-0.15, -0.1) is 0 Å². The standard InChI is InChI=1S/C12H13BrN2O2S/c1-9-2-3-12(11(13)6-9)18(16,17)15-8-10-4-5-14-7-10/h2-7,14-15H,8H2,1H3. The predicted molar refractivity (Wildman–Crippen MR) is 73.7 cm³/mol. The minimum Gasteiger partial charge on any atom is -0.367 e. The number of hydrogen-bond donors (Lipinski definition) is 2. The molecule has 0 bridgehead atoms. The summed E-state index contributed by atoms with van der Waals surface area (Å²) in [4.78, 5) is 3.13. The molecule has 0 aliphatic carbocycles. The topological polar surface area (TPSA) is 62.0 Å². The van der Waals surface area contributed by atoms with Crippen molar-refractivity contribution in [3.8, 4) is 0 Å². The molecule has 0 spiro atoms. The van der Waals surface area contributed by atoms with E-state index in [9.17, 15) is 8.42 Å². The van der Waals surface area contributed by atoms with Crippen molar-refractivity contribution < 1.29 is 8.42 Å². The van der Waals surface area contributed by atoms with Crippen molar-refractivity contribution in [2.24, 2.45) is 0 Å². The molecule has 2 aromatic rings. The minimum absolute atomic E-state index is 0.253. The fraction of sp³-hybridized carbons (Fsp3) is 0.167. The van der Waals surface area contributed by atoms with Crippen molar-refractivity contribution in [1.29, 1.82) is 0 Å². The van der Waals surface area contributed by atoms with Gasteiger partial charge in [0.2, 0.25) is 10.0 Å². The van der Waals surface area contributed by atoms with Crippen LogP contribution in [0.15, 0.2) is 46.0 Å². The van der Waals surface area contributed by atoms with Gasteiger partial charge in [-0.05, 0) is 52.2 Å². The van der Waals surface area contributed by atoms with E-state index in [1.54, 1.807) is 30.6 Å². The molecule has 1 aromatic heterocycles. The van der Waals surface area contributed by atoms with Crippen LogP contribution < -0.4 is 4.72 Å². The molecule has 0 unspecified atom stereocenters. The maximum Gasteiger partial charge on any atom is 0.241 e. The first-order valence-electron chi connectivity index (χ1n) is 5.36. The molecule has 4 nitrogen and oxygen atoms in total. The number of benzene rings is 1. The molecule has 6 heteroatoms. The molecule has 0 saturated carbocycles. The van der Waals surface area contributed by atoms with Crippen LogP contribution in [0.5, 0.6) is 0 Å². The zero-order valence-corrected chi connectivity index (χ0v) is 12.2. The van der Waals surface area contributed by atoms with Crippen LogP contribution in [0, 0.1) is 6.92 Å². The van der Waals surface area contributed by atoms with Crippen molar-refractivity contribution in [2.45, 2.75) is 18.4 Å². The average Bonchev–Trinajstić information content (AvgIpc) is 2.78. The summed E-state index contributed by atoms with van der Waals surface area (Å²) in [5.74, 6) is 0. The number of aromatic amines is 1. The molecule has 2 rings (SSSR count). The van der Waals surface area contributed by atoms with E-state index in [-0.39, 0.29) is 11.4 Å². The van der Waals surface area contributed by atoms with E-state index < -0.39 is 10.0 Å². The maximum atomic E-state index is 12.1. The van der Waals surface area contributed by atoms with E-state index in [1.807, 2.05) is 13.0 Å². The summed E-state index contributed by atoms with van der Waals surface area (Å²) in [6.45, 7) is 2.18. The Morgan fingerprint density at radius 2 is 2.11 bits per heavy atom. The third-order valence-corrected chi connectivity index (χ3v) is 4.88.